The molecule has 3 aromatic rings. The van der Waals surface area contributed by atoms with Gasteiger partial charge in [-0.15, -0.1) is 10.2 Å². The van der Waals surface area contributed by atoms with Crippen LogP contribution in [-0.2, 0) is 14.8 Å². The molecular formula is C21H24Cl2N6O3S. The quantitative estimate of drug-likeness (QED) is 0.553. The normalized spacial score (nSPS) is 23.0. The van der Waals surface area contributed by atoms with Crippen LogP contribution in [0.4, 0.5) is 5.82 Å². The first kappa shape index (κ1) is 22.8. The molecule has 0 radical (unpaired) electrons. The number of hydrogen-bond acceptors (Lipinski definition) is 7. The standard InChI is InChI=1S/C21H24Cl2N6O3S/c1-12-19(24)21(10-32-12)5-7-28(8-6-21)16-9-15(33(25,30)31)17(20-27-26-11-29(16)20)13-3-2-4-14(22)18(13)23/h2-4,9,11-12,19H,5-8,10,24H2,1H3,(H2,25,30,31). The lowest BCUT2D eigenvalue weighted by molar-refractivity contribution is 0.0974. The third-order valence-corrected chi connectivity index (χ3v) is 8.74. The van der Waals surface area contributed by atoms with E-state index in [9.17, 15) is 8.42 Å². The number of sulfonamides is 1. The summed E-state index contributed by atoms with van der Waals surface area (Å²) >= 11 is 12.6. The van der Waals surface area contributed by atoms with Crippen molar-refractivity contribution in [2.24, 2.45) is 16.3 Å². The van der Waals surface area contributed by atoms with Gasteiger partial charge < -0.3 is 15.4 Å². The molecule has 1 aromatic carbocycles. The Bertz CT molecular complexity index is 1340. The zero-order valence-electron chi connectivity index (χ0n) is 17.9. The molecule has 9 nitrogen and oxygen atoms in total. The third kappa shape index (κ3) is 3.69. The second-order valence-electron chi connectivity index (χ2n) is 8.80. The SMILES string of the molecule is CC1OCC2(CCN(c3cc(S(N)(=O)=O)c(-c4cccc(Cl)c4Cl)c4nncn34)CC2)C1N. The molecule has 0 aliphatic carbocycles. The summed E-state index contributed by atoms with van der Waals surface area (Å²) in [4.78, 5) is 2.02. The molecule has 12 heteroatoms. The first-order valence-electron chi connectivity index (χ1n) is 10.6. The lowest BCUT2D eigenvalue weighted by atomic mass is 9.73. The first-order valence-corrected chi connectivity index (χ1v) is 12.9. The van der Waals surface area contributed by atoms with Crippen LogP contribution in [0.3, 0.4) is 0 Å². The van der Waals surface area contributed by atoms with Gasteiger partial charge in [-0.3, -0.25) is 4.40 Å². The maximum atomic E-state index is 12.7. The Morgan fingerprint density at radius 2 is 1.97 bits per heavy atom. The number of hydrogen-bond donors (Lipinski definition) is 2. The lowest BCUT2D eigenvalue weighted by Gasteiger charge is -2.42. The van der Waals surface area contributed by atoms with Gasteiger partial charge >= 0.3 is 0 Å². The molecule has 33 heavy (non-hydrogen) atoms. The Morgan fingerprint density at radius 3 is 2.61 bits per heavy atom. The molecule has 1 spiro atoms. The highest BCUT2D eigenvalue weighted by molar-refractivity contribution is 7.89. The average Bonchev–Trinajstić information content (AvgIpc) is 3.37. The number of fused-ring (bicyclic) bond motifs is 1. The van der Waals surface area contributed by atoms with E-state index >= 15 is 0 Å². The van der Waals surface area contributed by atoms with Crippen LogP contribution in [0.1, 0.15) is 19.8 Å². The maximum absolute atomic E-state index is 12.7. The average molecular weight is 511 g/mol. The number of rotatable bonds is 3. The highest BCUT2D eigenvalue weighted by Gasteiger charge is 2.47. The minimum absolute atomic E-state index is 0.0248. The fourth-order valence-electron chi connectivity index (χ4n) is 5.01. The van der Waals surface area contributed by atoms with Crippen molar-refractivity contribution in [1.82, 2.24) is 14.6 Å². The predicted molar refractivity (Wildman–Crippen MR) is 127 cm³/mol. The molecule has 0 saturated carbocycles. The summed E-state index contributed by atoms with van der Waals surface area (Å²) in [6.45, 7) is 4.00. The number of nitrogens with zero attached hydrogens (tertiary/aromatic N) is 4. The van der Waals surface area contributed by atoms with Crippen molar-refractivity contribution >= 4 is 44.7 Å². The zero-order chi connectivity index (χ0) is 23.5. The molecule has 0 bridgehead atoms. The largest absolute Gasteiger partial charge is 0.376 e. The van der Waals surface area contributed by atoms with E-state index < -0.39 is 10.0 Å². The molecule has 2 saturated heterocycles. The summed E-state index contributed by atoms with van der Waals surface area (Å²) in [5.74, 6) is 0.635. The Hall–Kier alpha value is -1.95. The zero-order valence-corrected chi connectivity index (χ0v) is 20.2. The van der Waals surface area contributed by atoms with Crippen LogP contribution in [0.15, 0.2) is 35.5 Å². The number of anilines is 1. The van der Waals surface area contributed by atoms with Gasteiger partial charge in [0.2, 0.25) is 10.0 Å². The van der Waals surface area contributed by atoms with Gasteiger partial charge in [0.25, 0.3) is 0 Å². The summed E-state index contributed by atoms with van der Waals surface area (Å²) in [6, 6.07) is 6.53. The fourth-order valence-corrected chi connectivity index (χ4v) is 6.16. The monoisotopic (exact) mass is 510 g/mol. The maximum Gasteiger partial charge on any atom is 0.238 e. The highest BCUT2D eigenvalue weighted by atomic mass is 35.5. The number of ether oxygens (including phenoxy) is 1. The minimum atomic E-state index is -4.13. The third-order valence-electron chi connectivity index (χ3n) is 6.98. The number of nitrogens with two attached hydrogens (primary N) is 2. The Balaban J connectivity index is 1.63. The van der Waals surface area contributed by atoms with Crippen molar-refractivity contribution in [3.05, 3.63) is 40.6 Å². The van der Waals surface area contributed by atoms with E-state index in [2.05, 4.69) is 15.1 Å². The number of pyridine rings is 1. The first-order chi connectivity index (χ1) is 15.6. The fraction of sp³-hybridized carbons (Fsp3) is 0.429. The predicted octanol–water partition coefficient (Wildman–Crippen LogP) is 2.68. The van der Waals surface area contributed by atoms with Crippen molar-refractivity contribution in [3.8, 4) is 11.1 Å². The van der Waals surface area contributed by atoms with E-state index in [0.717, 1.165) is 12.8 Å². The van der Waals surface area contributed by atoms with Gasteiger partial charge in [0.05, 0.1) is 27.7 Å². The molecule has 2 aliphatic heterocycles. The van der Waals surface area contributed by atoms with Crippen LogP contribution in [0.5, 0.6) is 0 Å². The van der Waals surface area contributed by atoms with Crippen LogP contribution in [0, 0.1) is 5.41 Å². The smallest absolute Gasteiger partial charge is 0.238 e. The lowest BCUT2D eigenvalue weighted by Crippen LogP contribution is -2.50. The van der Waals surface area contributed by atoms with Gasteiger partial charge in [-0.05, 0) is 25.8 Å². The van der Waals surface area contributed by atoms with Gasteiger partial charge in [0.15, 0.2) is 5.65 Å². The van der Waals surface area contributed by atoms with Crippen LogP contribution < -0.4 is 15.8 Å². The number of halogens is 2. The van der Waals surface area contributed by atoms with Gasteiger partial charge in [0, 0.05) is 41.7 Å². The topological polar surface area (TPSA) is 129 Å². The van der Waals surface area contributed by atoms with Crippen molar-refractivity contribution in [1.29, 1.82) is 0 Å². The van der Waals surface area contributed by atoms with E-state index in [1.807, 2.05) is 6.92 Å². The van der Waals surface area contributed by atoms with E-state index in [-0.39, 0.29) is 33.0 Å². The minimum Gasteiger partial charge on any atom is -0.376 e. The van der Waals surface area contributed by atoms with Crippen molar-refractivity contribution < 1.29 is 13.2 Å². The second-order valence-corrected chi connectivity index (χ2v) is 11.1. The molecule has 176 valence electrons. The van der Waals surface area contributed by atoms with Crippen molar-refractivity contribution in [2.75, 3.05) is 24.6 Å². The van der Waals surface area contributed by atoms with Crippen LogP contribution in [-0.4, -0.2) is 54.9 Å². The molecule has 2 atom stereocenters. The van der Waals surface area contributed by atoms with E-state index in [4.69, 9.17) is 38.8 Å². The van der Waals surface area contributed by atoms with Crippen molar-refractivity contribution in [2.45, 2.75) is 36.8 Å². The van der Waals surface area contributed by atoms with E-state index in [1.165, 1.54) is 0 Å². The summed E-state index contributed by atoms with van der Waals surface area (Å²) in [5, 5.41) is 14.4. The molecule has 2 fully saturated rings. The highest BCUT2D eigenvalue weighted by Crippen LogP contribution is 2.44. The van der Waals surface area contributed by atoms with Crippen LogP contribution >= 0.6 is 23.2 Å². The van der Waals surface area contributed by atoms with E-state index in [0.29, 0.717) is 41.7 Å². The number of primary sulfonamides is 1. The van der Waals surface area contributed by atoms with Crippen molar-refractivity contribution in [3.63, 3.8) is 0 Å². The number of aromatic nitrogens is 3. The van der Waals surface area contributed by atoms with E-state index in [1.54, 1.807) is 35.0 Å². The number of benzene rings is 1. The van der Waals surface area contributed by atoms with Crippen LogP contribution in [0.2, 0.25) is 10.0 Å². The van der Waals surface area contributed by atoms with Crippen LogP contribution in [0.25, 0.3) is 16.8 Å². The number of piperidine rings is 1. The molecular weight excluding hydrogens is 487 g/mol. The molecule has 2 aromatic heterocycles. The summed E-state index contributed by atoms with van der Waals surface area (Å²) < 4.78 is 33.0. The molecule has 2 aliphatic rings. The Labute approximate surface area is 201 Å². The molecule has 4 N–H and O–H groups in total. The Morgan fingerprint density at radius 1 is 1.24 bits per heavy atom. The molecule has 4 heterocycles. The molecule has 0 amide bonds. The second kappa shape index (κ2) is 8.07. The van der Waals surface area contributed by atoms with Gasteiger partial charge in [-0.25, -0.2) is 13.6 Å². The van der Waals surface area contributed by atoms with Gasteiger partial charge in [-0.1, -0.05) is 35.3 Å². The summed E-state index contributed by atoms with van der Waals surface area (Å²) in [7, 11) is -4.13. The summed E-state index contributed by atoms with van der Waals surface area (Å²) in [5.41, 5.74) is 7.39. The van der Waals surface area contributed by atoms with Gasteiger partial charge in [0.1, 0.15) is 12.1 Å². The van der Waals surface area contributed by atoms with Gasteiger partial charge in [-0.2, -0.15) is 0 Å². The Kier molecular flexibility index (Phi) is 5.58. The summed E-state index contributed by atoms with van der Waals surface area (Å²) in [6.07, 6.45) is 3.23. The molecule has 2 unspecified atom stereocenters. The molecule has 5 rings (SSSR count).